The van der Waals surface area contributed by atoms with Gasteiger partial charge >= 0.3 is 0 Å². The summed E-state index contributed by atoms with van der Waals surface area (Å²) in [5, 5.41) is 3.95. The van der Waals surface area contributed by atoms with Crippen molar-refractivity contribution in [1.29, 1.82) is 0 Å². The third-order valence-corrected chi connectivity index (χ3v) is 5.51. The summed E-state index contributed by atoms with van der Waals surface area (Å²) in [5.74, 6) is 1.86. The van der Waals surface area contributed by atoms with Gasteiger partial charge in [-0.2, -0.15) is 0 Å². The summed E-state index contributed by atoms with van der Waals surface area (Å²) >= 11 is 0. The molecule has 0 atom stereocenters. The van der Waals surface area contributed by atoms with Gasteiger partial charge in [0.15, 0.2) is 0 Å². The lowest BCUT2D eigenvalue weighted by Gasteiger charge is -2.14. The van der Waals surface area contributed by atoms with Gasteiger partial charge in [0.25, 0.3) is 0 Å². The minimum atomic E-state index is 0.591. The molecular weight excluding hydrogens is 426 g/mol. The van der Waals surface area contributed by atoms with Crippen molar-refractivity contribution in [2.24, 2.45) is 5.16 Å². The van der Waals surface area contributed by atoms with Crippen molar-refractivity contribution < 1.29 is 19.0 Å². The molecule has 0 unspecified atom stereocenters. The van der Waals surface area contributed by atoms with Crippen LogP contribution in [0.1, 0.15) is 61.8 Å². The first-order valence-corrected chi connectivity index (χ1v) is 12.2. The summed E-state index contributed by atoms with van der Waals surface area (Å²) < 4.78 is 17.7. The number of ether oxygens (including phenoxy) is 3. The van der Waals surface area contributed by atoms with E-state index >= 15 is 0 Å². The van der Waals surface area contributed by atoms with Crippen LogP contribution in [-0.4, -0.2) is 32.6 Å². The lowest BCUT2D eigenvalue weighted by Crippen LogP contribution is -2.03. The fourth-order valence-electron chi connectivity index (χ4n) is 3.64. The molecule has 0 bridgehead atoms. The highest BCUT2D eigenvalue weighted by molar-refractivity contribution is 5.81. The molecule has 0 fully saturated rings. The number of nitrogens with zero attached hydrogens (tertiary/aromatic N) is 1. The van der Waals surface area contributed by atoms with Gasteiger partial charge in [0.1, 0.15) is 25.2 Å². The van der Waals surface area contributed by atoms with Crippen LogP contribution in [0.25, 0.3) is 0 Å². The summed E-state index contributed by atoms with van der Waals surface area (Å²) in [6.07, 6.45) is 9.00. The van der Waals surface area contributed by atoms with Gasteiger partial charge in [-0.3, -0.25) is 0 Å². The molecule has 2 aromatic carbocycles. The summed E-state index contributed by atoms with van der Waals surface area (Å²) in [6, 6.07) is 12.7. The van der Waals surface area contributed by atoms with Gasteiger partial charge in [-0.1, -0.05) is 41.6 Å². The maximum Gasteiger partial charge on any atom is 0.125 e. The van der Waals surface area contributed by atoms with Crippen LogP contribution in [0.4, 0.5) is 0 Å². The van der Waals surface area contributed by atoms with Crippen molar-refractivity contribution in [3.05, 3.63) is 70.8 Å². The largest absolute Gasteiger partial charge is 0.493 e. The molecular formula is C29H41NO4. The molecule has 5 nitrogen and oxygen atoms in total. The van der Waals surface area contributed by atoms with Crippen molar-refractivity contribution in [1.82, 2.24) is 0 Å². The van der Waals surface area contributed by atoms with Crippen LogP contribution in [0.3, 0.4) is 0 Å². The van der Waals surface area contributed by atoms with Crippen LogP contribution in [0.5, 0.6) is 11.5 Å². The van der Waals surface area contributed by atoms with Crippen molar-refractivity contribution in [3.8, 4) is 11.5 Å². The first kappa shape index (κ1) is 27.5. The Kier molecular flexibility index (Phi) is 12.9. The number of hydrogen-bond acceptors (Lipinski definition) is 5. The maximum atomic E-state index is 6.06. The second-order valence-corrected chi connectivity index (χ2v) is 8.55. The van der Waals surface area contributed by atoms with Gasteiger partial charge in [0, 0.05) is 6.61 Å². The number of allylic oxidation sites excluding steroid dienone is 1. The Hall–Kier alpha value is -2.79. The van der Waals surface area contributed by atoms with E-state index in [-0.39, 0.29) is 0 Å². The van der Waals surface area contributed by atoms with E-state index in [0.717, 1.165) is 73.7 Å². The molecule has 34 heavy (non-hydrogen) atoms. The van der Waals surface area contributed by atoms with Gasteiger partial charge in [-0.25, -0.2) is 0 Å². The number of hydrogen-bond donors (Lipinski definition) is 0. The van der Waals surface area contributed by atoms with E-state index in [1.54, 1.807) is 7.11 Å². The lowest BCUT2D eigenvalue weighted by atomic mass is 10.1. The van der Waals surface area contributed by atoms with Crippen molar-refractivity contribution in [2.45, 2.75) is 66.4 Å². The fraction of sp³-hybridized carbons (Fsp3) is 0.483. The Morgan fingerprint density at radius 2 is 1.59 bits per heavy atom. The monoisotopic (exact) mass is 467 g/mol. The molecule has 0 spiro atoms. The van der Waals surface area contributed by atoms with Gasteiger partial charge < -0.3 is 19.0 Å². The molecule has 2 aromatic rings. The second-order valence-electron chi connectivity index (χ2n) is 8.55. The average molecular weight is 468 g/mol. The minimum Gasteiger partial charge on any atom is -0.493 e. The third-order valence-electron chi connectivity index (χ3n) is 5.51. The molecule has 0 heterocycles. The van der Waals surface area contributed by atoms with Crippen LogP contribution in [0, 0.1) is 13.8 Å². The Morgan fingerprint density at radius 3 is 2.26 bits per heavy atom. The molecule has 2 rings (SSSR count). The summed E-state index contributed by atoms with van der Waals surface area (Å²) in [4.78, 5) is 4.80. The number of oxime groups is 1. The van der Waals surface area contributed by atoms with Crippen LogP contribution in [0.15, 0.2) is 53.7 Å². The first-order chi connectivity index (χ1) is 16.5. The predicted molar refractivity (Wildman–Crippen MR) is 140 cm³/mol. The standard InChI is InChI=1S/C29H41NO4/c1-6-7-18-33-28-20-23(2)29(24(3)21-28)34-19-10-8-9-17-32-22-27-15-13-26(14-16-27)12-11-25(4)30-31-5/h6-7,13-16,20-21H,8-12,17-19,22H2,1-5H3/b7-6+,30-25?. The van der Waals surface area contributed by atoms with E-state index in [1.165, 1.54) is 11.1 Å². The SMILES string of the molecule is C/C=C/COc1cc(C)c(OCCCCCOCc2ccc(CCC(C)=NOC)cc2)c(C)c1. The molecule has 186 valence electrons. The van der Waals surface area contributed by atoms with Crippen molar-refractivity contribution in [2.75, 3.05) is 26.9 Å². The quantitative estimate of drug-likeness (QED) is 0.116. The predicted octanol–water partition coefficient (Wildman–Crippen LogP) is 6.98. The highest BCUT2D eigenvalue weighted by Gasteiger charge is 2.07. The number of rotatable bonds is 16. The first-order valence-electron chi connectivity index (χ1n) is 12.2. The zero-order valence-corrected chi connectivity index (χ0v) is 21.6. The molecule has 0 aliphatic heterocycles. The molecule has 0 aliphatic rings. The summed E-state index contributed by atoms with van der Waals surface area (Å²) in [7, 11) is 1.58. The lowest BCUT2D eigenvalue weighted by molar-refractivity contribution is 0.116. The number of aryl methyl sites for hydroxylation is 3. The fourth-order valence-corrected chi connectivity index (χ4v) is 3.64. The van der Waals surface area contributed by atoms with Crippen LogP contribution in [-0.2, 0) is 22.6 Å². The smallest absolute Gasteiger partial charge is 0.125 e. The highest BCUT2D eigenvalue weighted by atomic mass is 16.6. The Balaban J connectivity index is 1.58. The van der Waals surface area contributed by atoms with E-state index in [0.29, 0.717) is 13.2 Å². The van der Waals surface area contributed by atoms with E-state index in [2.05, 4.69) is 43.3 Å². The Morgan fingerprint density at radius 1 is 0.912 bits per heavy atom. The van der Waals surface area contributed by atoms with Gasteiger partial charge in [0.05, 0.1) is 18.9 Å². The molecule has 0 amide bonds. The second kappa shape index (κ2) is 15.9. The molecule has 0 aromatic heterocycles. The molecule has 0 aliphatic carbocycles. The minimum absolute atomic E-state index is 0.591. The van der Waals surface area contributed by atoms with Crippen LogP contribution in [0.2, 0.25) is 0 Å². The van der Waals surface area contributed by atoms with Crippen LogP contribution >= 0.6 is 0 Å². The van der Waals surface area contributed by atoms with Gasteiger partial charge in [-0.05, 0) is 94.2 Å². The zero-order valence-electron chi connectivity index (χ0n) is 21.6. The van der Waals surface area contributed by atoms with E-state index in [4.69, 9.17) is 19.0 Å². The molecule has 0 saturated heterocycles. The highest BCUT2D eigenvalue weighted by Crippen LogP contribution is 2.28. The number of benzene rings is 2. The van der Waals surface area contributed by atoms with Crippen LogP contribution < -0.4 is 9.47 Å². The zero-order chi connectivity index (χ0) is 24.6. The van der Waals surface area contributed by atoms with E-state index in [9.17, 15) is 0 Å². The molecule has 5 heteroatoms. The molecule has 0 N–H and O–H groups in total. The van der Waals surface area contributed by atoms with Gasteiger partial charge in [-0.15, -0.1) is 0 Å². The molecule has 0 saturated carbocycles. The van der Waals surface area contributed by atoms with Crippen molar-refractivity contribution >= 4 is 5.71 Å². The maximum absolute atomic E-state index is 6.06. The molecule has 0 radical (unpaired) electrons. The van der Waals surface area contributed by atoms with Gasteiger partial charge in [0.2, 0.25) is 0 Å². The topological polar surface area (TPSA) is 49.3 Å². The number of unbranched alkanes of at least 4 members (excludes halogenated alkanes) is 2. The summed E-state index contributed by atoms with van der Waals surface area (Å²) in [6.45, 7) is 10.9. The van der Waals surface area contributed by atoms with Crippen molar-refractivity contribution in [3.63, 3.8) is 0 Å². The Labute approximate surface area is 205 Å². The van der Waals surface area contributed by atoms with E-state index in [1.807, 2.05) is 38.1 Å². The third kappa shape index (κ3) is 10.4. The Bertz CT molecular complexity index is 880. The normalized spacial score (nSPS) is 11.7. The summed E-state index contributed by atoms with van der Waals surface area (Å²) in [5.41, 5.74) is 5.74. The van der Waals surface area contributed by atoms with E-state index < -0.39 is 0 Å². The average Bonchev–Trinajstić information content (AvgIpc) is 2.82.